The zero-order valence-electron chi connectivity index (χ0n) is 6.84. The van der Waals surface area contributed by atoms with Crippen LogP contribution in [0.2, 0.25) is 0 Å². The molecule has 0 radical (unpaired) electrons. The topological polar surface area (TPSA) is 35.5 Å². The molecule has 0 bridgehead atoms. The van der Waals surface area contributed by atoms with Gasteiger partial charge in [-0.15, -0.1) is 0 Å². The minimum absolute atomic E-state index is 0.199. The molecule has 64 valence electrons. The highest BCUT2D eigenvalue weighted by molar-refractivity contribution is 5.65. The number of ether oxygens (including phenoxy) is 2. The van der Waals surface area contributed by atoms with E-state index >= 15 is 0 Å². The standard InChI is InChI=1S/C8H14O3/c1-7(9)11-6-8-3-2-4-10-5-8/h8H,2-6H2,1H3. The smallest absolute Gasteiger partial charge is 0.302 e. The maximum atomic E-state index is 10.4. The van der Waals surface area contributed by atoms with E-state index in [0.29, 0.717) is 12.5 Å². The molecule has 0 aromatic heterocycles. The summed E-state index contributed by atoms with van der Waals surface area (Å²) >= 11 is 0. The van der Waals surface area contributed by atoms with Gasteiger partial charge in [0.25, 0.3) is 0 Å². The van der Waals surface area contributed by atoms with E-state index in [1.165, 1.54) is 6.92 Å². The van der Waals surface area contributed by atoms with Crippen molar-refractivity contribution in [2.24, 2.45) is 5.92 Å². The molecule has 1 atom stereocenters. The van der Waals surface area contributed by atoms with Gasteiger partial charge < -0.3 is 9.47 Å². The Morgan fingerprint density at radius 2 is 2.55 bits per heavy atom. The summed E-state index contributed by atoms with van der Waals surface area (Å²) in [6, 6.07) is 0. The third kappa shape index (κ3) is 3.37. The summed E-state index contributed by atoms with van der Waals surface area (Å²) in [5.41, 5.74) is 0. The molecule has 0 aromatic carbocycles. The van der Waals surface area contributed by atoms with Gasteiger partial charge >= 0.3 is 5.97 Å². The molecule has 1 heterocycles. The Kier molecular flexibility index (Phi) is 3.36. The fourth-order valence-corrected chi connectivity index (χ4v) is 1.17. The SMILES string of the molecule is CC(=O)OCC1CCCOC1. The van der Waals surface area contributed by atoms with Gasteiger partial charge in [0, 0.05) is 19.4 Å². The van der Waals surface area contributed by atoms with E-state index in [1.807, 2.05) is 0 Å². The van der Waals surface area contributed by atoms with Crippen LogP contribution in [0.3, 0.4) is 0 Å². The quantitative estimate of drug-likeness (QED) is 0.562. The fraction of sp³-hybridized carbons (Fsp3) is 0.875. The largest absolute Gasteiger partial charge is 0.465 e. The van der Waals surface area contributed by atoms with Crippen molar-refractivity contribution in [2.45, 2.75) is 19.8 Å². The first-order valence-corrected chi connectivity index (χ1v) is 4.00. The molecule has 1 rings (SSSR count). The molecule has 3 heteroatoms. The average molecular weight is 158 g/mol. The Labute approximate surface area is 66.7 Å². The van der Waals surface area contributed by atoms with Gasteiger partial charge in [0.1, 0.15) is 0 Å². The van der Waals surface area contributed by atoms with Gasteiger partial charge in [-0.3, -0.25) is 4.79 Å². The van der Waals surface area contributed by atoms with Gasteiger partial charge in [-0.05, 0) is 12.8 Å². The molecule has 0 spiro atoms. The van der Waals surface area contributed by atoms with Crippen LogP contribution in [0.4, 0.5) is 0 Å². The van der Waals surface area contributed by atoms with Crippen LogP contribution in [0.15, 0.2) is 0 Å². The summed E-state index contributed by atoms with van der Waals surface area (Å²) in [6.07, 6.45) is 2.21. The highest BCUT2D eigenvalue weighted by Crippen LogP contribution is 2.13. The predicted octanol–water partition coefficient (Wildman–Crippen LogP) is 0.976. The van der Waals surface area contributed by atoms with Crippen molar-refractivity contribution in [3.8, 4) is 0 Å². The van der Waals surface area contributed by atoms with E-state index in [1.54, 1.807) is 0 Å². The number of hydrogen-bond donors (Lipinski definition) is 0. The highest BCUT2D eigenvalue weighted by Gasteiger charge is 2.14. The van der Waals surface area contributed by atoms with E-state index < -0.39 is 0 Å². The zero-order chi connectivity index (χ0) is 8.10. The molecule has 0 aromatic rings. The number of rotatable bonds is 2. The summed E-state index contributed by atoms with van der Waals surface area (Å²) in [6.45, 7) is 3.56. The molecule has 11 heavy (non-hydrogen) atoms. The highest BCUT2D eigenvalue weighted by atomic mass is 16.5. The normalized spacial score (nSPS) is 24.6. The predicted molar refractivity (Wildman–Crippen MR) is 40.2 cm³/mol. The van der Waals surface area contributed by atoms with Gasteiger partial charge in [0.2, 0.25) is 0 Å². The van der Waals surface area contributed by atoms with E-state index in [2.05, 4.69) is 0 Å². The van der Waals surface area contributed by atoms with Crippen molar-refractivity contribution in [1.82, 2.24) is 0 Å². The van der Waals surface area contributed by atoms with Gasteiger partial charge in [-0.25, -0.2) is 0 Å². The van der Waals surface area contributed by atoms with Crippen LogP contribution in [0.25, 0.3) is 0 Å². The van der Waals surface area contributed by atoms with E-state index in [0.717, 1.165) is 26.1 Å². The van der Waals surface area contributed by atoms with Crippen LogP contribution in [0.1, 0.15) is 19.8 Å². The molecule has 1 saturated heterocycles. The zero-order valence-corrected chi connectivity index (χ0v) is 6.84. The fourth-order valence-electron chi connectivity index (χ4n) is 1.17. The van der Waals surface area contributed by atoms with Crippen molar-refractivity contribution >= 4 is 5.97 Å². The molecule has 0 amide bonds. The van der Waals surface area contributed by atoms with Crippen molar-refractivity contribution < 1.29 is 14.3 Å². The second-order valence-electron chi connectivity index (χ2n) is 2.89. The van der Waals surface area contributed by atoms with Crippen LogP contribution in [0.5, 0.6) is 0 Å². The van der Waals surface area contributed by atoms with Gasteiger partial charge in [-0.1, -0.05) is 0 Å². The Hall–Kier alpha value is -0.570. The Balaban J connectivity index is 2.09. The number of carbonyl (C=O) groups is 1. The summed E-state index contributed by atoms with van der Waals surface area (Å²) in [5, 5.41) is 0. The van der Waals surface area contributed by atoms with Crippen LogP contribution >= 0.6 is 0 Å². The average Bonchev–Trinajstić information content (AvgIpc) is 2.03. The number of hydrogen-bond acceptors (Lipinski definition) is 3. The molecule has 0 saturated carbocycles. The molecule has 0 aliphatic carbocycles. The molecule has 3 nitrogen and oxygen atoms in total. The lowest BCUT2D eigenvalue weighted by molar-refractivity contribution is -0.143. The summed E-state index contributed by atoms with van der Waals surface area (Å²) in [5.74, 6) is 0.225. The summed E-state index contributed by atoms with van der Waals surface area (Å²) in [4.78, 5) is 10.4. The van der Waals surface area contributed by atoms with Gasteiger partial charge in [-0.2, -0.15) is 0 Å². The first-order chi connectivity index (χ1) is 5.29. The van der Waals surface area contributed by atoms with Gasteiger partial charge in [0.05, 0.1) is 13.2 Å². The first-order valence-electron chi connectivity index (χ1n) is 4.00. The monoisotopic (exact) mass is 158 g/mol. The van der Waals surface area contributed by atoms with Crippen molar-refractivity contribution in [2.75, 3.05) is 19.8 Å². The molecule has 0 N–H and O–H groups in total. The van der Waals surface area contributed by atoms with E-state index in [-0.39, 0.29) is 5.97 Å². The van der Waals surface area contributed by atoms with Crippen molar-refractivity contribution in [3.05, 3.63) is 0 Å². The van der Waals surface area contributed by atoms with Crippen molar-refractivity contribution in [1.29, 1.82) is 0 Å². The lowest BCUT2D eigenvalue weighted by Gasteiger charge is -2.21. The molecular weight excluding hydrogens is 144 g/mol. The maximum absolute atomic E-state index is 10.4. The van der Waals surface area contributed by atoms with Crippen LogP contribution in [-0.4, -0.2) is 25.8 Å². The lowest BCUT2D eigenvalue weighted by Crippen LogP contribution is -2.22. The summed E-state index contributed by atoms with van der Waals surface area (Å²) < 4.78 is 10.1. The first kappa shape index (κ1) is 8.53. The second-order valence-corrected chi connectivity index (χ2v) is 2.89. The number of esters is 1. The minimum Gasteiger partial charge on any atom is -0.465 e. The molecule has 1 aliphatic rings. The maximum Gasteiger partial charge on any atom is 0.302 e. The summed E-state index contributed by atoms with van der Waals surface area (Å²) in [7, 11) is 0. The van der Waals surface area contributed by atoms with E-state index in [9.17, 15) is 4.79 Å². The minimum atomic E-state index is -0.199. The van der Waals surface area contributed by atoms with Gasteiger partial charge in [0.15, 0.2) is 0 Å². The van der Waals surface area contributed by atoms with Crippen LogP contribution in [-0.2, 0) is 14.3 Å². The molecule has 1 unspecified atom stereocenters. The Bertz CT molecular complexity index is 127. The Morgan fingerprint density at radius 1 is 1.73 bits per heavy atom. The third-order valence-electron chi connectivity index (χ3n) is 1.78. The van der Waals surface area contributed by atoms with Crippen LogP contribution in [0, 0.1) is 5.92 Å². The molecule has 1 aliphatic heterocycles. The lowest BCUT2D eigenvalue weighted by atomic mass is 10.0. The second kappa shape index (κ2) is 4.34. The van der Waals surface area contributed by atoms with Crippen LogP contribution < -0.4 is 0 Å². The Morgan fingerprint density at radius 3 is 3.09 bits per heavy atom. The van der Waals surface area contributed by atoms with Crippen molar-refractivity contribution in [3.63, 3.8) is 0 Å². The molecular formula is C8H14O3. The third-order valence-corrected chi connectivity index (χ3v) is 1.78. The van der Waals surface area contributed by atoms with E-state index in [4.69, 9.17) is 9.47 Å². The molecule has 1 fully saturated rings. The number of carbonyl (C=O) groups excluding carboxylic acids is 1.